The van der Waals surface area contributed by atoms with Crippen LogP contribution in [0.25, 0.3) is 10.8 Å². The molecule has 21 heavy (non-hydrogen) atoms. The van der Waals surface area contributed by atoms with E-state index in [0.29, 0.717) is 17.5 Å². The predicted octanol–water partition coefficient (Wildman–Crippen LogP) is 2.86. The van der Waals surface area contributed by atoms with Crippen molar-refractivity contribution in [3.8, 4) is 6.07 Å². The van der Waals surface area contributed by atoms with Crippen molar-refractivity contribution in [1.82, 2.24) is 9.88 Å². The number of likely N-dealkylation sites (tertiary alicyclic amines) is 1. The first-order chi connectivity index (χ1) is 10.2. The molecule has 2 atom stereocenters. The number of hydrogen-bond acceptors (Lipinski definition) is 4. The lowest BCUT2D eigenvalue weighted by Crippen LogP contribution is -2.28. The molecular formula is C17H20N4. The van der Waals surface area contributed by atoms with Gasteiger partial charge >= 0.3 is 0 Å². The second-order valence-electron chi connectivity index (χ2n) is 5.99. The highest BCUT2D eigenvalue weighted by Crippen LogP contribution is 2.23. The van der Waals surface area contributed by atoms with Gasteiger partial charge in [0.05, 0.1) is 11.6 Å². The summed E-state index contributed by atoms with van der Waals surface area (Å²) in [5.74, 6) is 1.55. The molecule has 0 saturated carbocycles. The summed E-state index contributed by atoms with van der Waals surface area (Å²) in [4.78, 5) is 6.86. The molecule has 4 heteroatoms. The van der Waals surface area contributed by atoms with Gasteiger partial charge < -0.3 is 10.2 Å². The summed E-state index contributed by atoms with van der Waals surface area (Å²) in [6, 6.07) is 10.3. The molecule has 1 fully saturated rings. The molecule has 0 bridgehead atoms. The Morgan fingerprint density at radius 2 is 2.24 bits per heavy atom. The summed E-state index contributed by atoms with van der Waals surface area (Å²) in [5, 5.41) is 14.6. The van der Waals surface area contributed by atoms with Gasteiger partial charge in [-0.3, -0.25) is 0 Å². The van der Waals surface area contributed by atoms with E-state index >= 15 is 0 Å². The number of fused-ring (bicyclic) bond motifs is 1. The maximum atomic E-state index is 8.99. The maximum absolute atomic E-state index is 8.99. The Labute approximate surface area is 125 Å². The minimum absolute atomic E-state index is 0.402. The molecule has 0 radical (unpaired) electrons. The molecule has 2 aromatic rings. The Morgan fingerprint density at radius 3 is 2.95 bits per heavy atom. The first kappa shape index (κ1) is 13.8. The van der Waals surface area contributed by atoms with Gasteiger partial charge in [0.25, 0.3) is 0 Å². The van der Waals surface area contributed by atoms with Crippen LogP contribution in [0.3, 0.4) is 0 Å². The van der Waals surface area contributed by atoms with E-state index < -0.39 is 0 Å². The van der Waals surface area contributed by atoms with Crippen molar-refractivity contribution in [3.63, 3.8) is 0 Å². The molecule has 3 rings (SSSR count). The molecule has 4 nitrogen and oxygen atoms in total. The lowest BCUT2D eigenvalue weighted by atomic mass is 10.0. The van der Waals surface area contributed by atoms with Crippen LogP contribution in [0.15, 0.2) is 30.5 Å². The lowest BCUT2D eigenvalue weighted by molar-refractivity contribution is 0.383. The minimum atomic E-state index is 0.402. The second kappa shape index (κ2) is 5.71. The van der Waals surface area contributed by atoms with Crippen LogP contribution in [-0.4, -0.2) is 36.1 Å². The fraction of sp³-hybridized carbons (Fsp3) is 0.412. The fourth-order valence-corrected chi connectivity index (χ4v) is 3.02. The predicted molar refractivity (Wildman–Crippen MR) is 85.1 cm³/mol. The summed E-state index contributed by atoms with van der Waals surface area (Å²) in [5.41, 5.74) is 0.685. The molecule has 0 spiro atoms. The van der Waals surface area contributed by atoms with Crippen molar-refractivity contribution in [1.29, 1.82) is 5.26 Å². The van der Waals surface area contributed by atoms with Crippen LogP contribution in [0.1, 0.15) is 18.9 Å². The minimum Gasteiger partial charge on any atom is -0.367 e. The number of nitrogens with one attached hydrogen (secondary N) is 1. The third-order valence-electron chi connectivity index (χ3n) is 4.36. The summed E-state index contributed by atoms with van der Waals surface area (Å²) in [6.07, 6.45) is 3.10. The first-order valence-corrected chi connectivity index (χ1v) is 7.40. The number of rotatable bonds is 3. The van der Waals surface area contributed by atoms with E-state index in [2.05, 4.69) is 35.2 Å². The highest BCUT2D eigenvalue weighted by molar-refractivity contribution is 5.85. The van der Waals surface area contributed by atoms with E-state index in [1.165, 1.54) is 13.0 Å². The number of benzene rings is 1. The van der Waals surface area contributed by atoms with Crippen molar-refractivity contribution >= 4 is 16.6 Å². The summed E-state index contributed by atoms with van der Waals surface area (Å²) in [6.45, 7) is 4.54. The Morgan fingerprint density at radius 1 is 1.38 bits per heavy atom. The normalized spacial score (nSPS) is 20.3. The summed E-state index contributed by atoms with van der Waals surface area (Å²) >= 11 is 0. The molecule has 1 aliphatic heterocycles. The van der Waals surface area contributed by atoms with Crippen LogP contribution in [0.4, 0.5) is 5.82 Å². The van der Waals surface area contributed by atoms with Gasteiger partial charge in [-0.15, -0.1) is 0 Å². The molecule has 2 heterocycles. The first-order valence-electron chi connectivity index (χ1n) is 7.40. The molecule has 0 amide bonds. The quantitative estimate of drug-likeness (QED) is 0.939. The second-order valence-corrected chi connectivity index (χ2v) is 5.99. The highest BCUT2D eigenvalue weighted by Gasteiger charge is 2.24. The molecule has 1 saturated heterocycles. The summed E-state index contributed by atoms with van der Waals surface area (Å²) < 4.78 is 0. The van der Waals surface area contributed by atoms with Crippen LogP contribution < -0.4 is 5.32 Å². The Balaban J connectivity index is 1.79. The Hall–Kier alpha value is -2.12. The molecule has 2 unspecified atom stereocenters. The SMILES string of the molecule is CC(Nc1cc2cc(C#N)ccc2cn1)C1CCN(C)C1. The lowest BCUT2D eigenvalue weighted by Gasteiger charge is -2.21. The average molecular weight is 280 g/mol. The third kappa shape index (κ3) is 2.98. The number of nitrogens with zero attached hydrogens (tertiary/aromatic N) is 3. The standard InChI is InChI=1S/C17H20N4/c1-12(15-5-6-21(2)11-15)20-17-8-16-7-13(9-18)3-4-14(16)10-19-17/h3-4,7-8,10,12,15H,5-6,11H2,1-2H3,(H,19,20). The van der Waals surface area contributed by atoms with E-state index in [9.17, 15) is 0 Å². The van der Waals surface area contributed by atoms with Gasteiger partial charge in [0, 0.05) is 24.2 Å². The van der Waals surface area contributed by atoms with Crippen LogP contribution in [-0.2, 0) is 0 Å². The van der Waals surface area contributed by atoms with Gasteiger partial charge in [-0.1, -0.05) is 6.07 Å². The molecule has 1 N–H and O–H groups in total. The zero-order valence-electron chi connectivity index (χ0n) is 12.5. The van der Waals surface area contributed by atoms with Gasteiger partial charge in [0.15, 0.2) is 0 Å². The number of pyridine rings is 1. The van der Waals surface area contributed by atoms with Crippen molar-refractivity contribution in [2.45, 2.75) is 19.4 Å². The van der Waals surface area contributed by atoms with E-state index in [4.69, 9.17) is 5.26 Å². The molecule has 1 aromatic heterocycles. The topological polar surface area (TPSA) is 52.0 Å². The van der Waals surface area contributed by atoms with Gasteiger partial charge in [-0.2, -0.15) is 5.26 Å². The molecule has 1 aliphatic rings. The van der Waals surface area contributed by atoms with Crippen LogP contribution in [0, 0.1) is 17.2 Å². The smallest absolute Gasteiger partial charge is 0.126 e. The molecule has 108 valence electrons. The van der Waals surface area contributed by atoms with Crippen LogP contribution in [0.5, 0.6) is 0 Å². The third-order valence-corrected chi connectivity index (χ3v) is 4.36. The maximum Gasteiger partial charge on any atom is 0.126 e. The Kier molecular flexibility index (Phi) is 3.76. The van der Waals surface area contributed by atoms with Crippen LogP contribution >= 0.6 is 0 Å². The van der Waals surface area contributed by atoms with Gasteiger partial charge in [0.2, 0.25) is 0 Å². The van der Waals surface area contributed by atoms with Crippen molar-refractivity contribution in [3.05, 3.63) is 36.0 Å². The van der Waals surface area contributed by atoms with Gasteiger partial charge in [-0.25, -0.2) is 4.98 Å². The van der Waals surface area contributed by atoms with E-state index in [1.54, 1.807) is 0 Å². The number of aromatic nitrogens is 1. The zero-order valence-corrected chi connectivity index (χ0v) is 12.5. The van der Waals surface area contributed by atoms with E-state index in [-0.39, 0.29) is 0 Å². The molecule has 1 aromatic carbocycles. The summed E-state index contributed by atoms with van der Waals surface area (Å²) in [7, 11) is 2.17. The largest absolute Gasteiger partial charge is 0.367 e. The Bertz CT molecular complexity index is 689. The van der Waals surface area contributed by atoms with E-state index in [0.717, 1.165) is 23.1 Å². The number of nitriles is 1. The highest BCUT2D eigenvalue weighted by atomic mass is 15.1. The van der Waals surface area contributed by atoms with Gasteiger partial charge in [-0.05, 0) is 56.4 Å². The van der Waals surface area contributed by atoms with Crippen LogP contribution in [0.2, 0.25) is 0 Å². The average Bonchev–Trinajstić information content (AvgIpc) is 2.93. The van der Waals surface area contributed by atoms with Crippen molar-refractivity contribution in [2.75, 3.05) is 25.5 Å². The van der Waals surface area contributed by atoms with E-state index in [1.807, 2.05) is 30.5 Å². The molecular weight excluding hydrogens is 260 g/mol. The number of anilines is 1. The fourth-order valence-electron chi connectivity index (χ4n) is 3.02. The molecule has 0 aliphatic carbocycles. The van der Waals surface area contributed by atoms with Crippen molar-refractivity contribution in [2.24, 2.45) is 5.92 Å². The van der Waals surface area contributed by atoms with Crippen molar-refractivity contribution < 1.29 is 0 Å². The zero-order chi connectivity index (χ0) is 14.8. The van der Waals surface area contributed by atoms with Gasteiger partial charge in [0.1, 0.15) is 5.82 Å². The number of hydrogen-bond donors (Lipinski definition) is 1. The monoisotopic (exact) mass is 280 g/mol.